The number of nitrogens with one attached hydrogen (secondary N) is 2. The molecule has 0 spiro atoms. The molecule has 136 valence electrons. The first-order valence-corrected chi connectivity index (χ1v) is 10.0. The largest absolute Gasteiger partial charge is 0.273 e. The molecule has 0 bridgehead atoms. The van der Waals surface area contributed by atoms with E-state index in [2.05, 4.69) is 10.9 Å². The van der Waals surface area contributed by atoms with Crippen molar-refractivity contribution in [3.63, 3.8) is 0 Å². The summed E-state index contributed by atoms with van der Waals surface area (Å²) in [7, 11) is -3.61. The first kappa shape index (κ1) is 18.2. The molecule has 1 saturated heterocycles. The van der Waals surface area contributed by atoms with E-state index in [9.17, 15) is 18.0 Å². The summed E-state index contributed by atoms with van der Waals surface area (Å²) >= 11 is 5.87. The average Bonchev–Trinajstić information content (AvgIpc) is 3.44. The number of benzene rings is 1. The van der Waals surface area contributed by atoms with Crippen molar-refractivity contribution in [3.05, 3.63) is 29.3 Å². The van der Waals surface area contributed by atoms with Gasteiger partial charge in [0.15, 0.2) is 0 Å². The molecule has 7 nitrogen and oxygen atoms in total. The van der Waals surface area contributed by atoms with Gasteiger partial charge in [-0.05, 0) is 43.9 Å². The van der Waals surface area contributed by atoms with Crippen LogP contribution in [0, 0.1) is 11.8 Å². The van der Waals surface area contributed by atoms with Crippen LogP contribution < -0.4 is 10.9 Å². The van der Waals surface area contributed by atoms with Crippen molar-refractivity contribution >= 4 is 33.4 Å². The summed E-state index contributed by atoms with van der Waals surface area (Å²) in [5, 5.41) is 0.363. The minimum Gasteiger partial charge on any atom is -0.273 e. The standard InChI is InChI=1S/C16H20ClN3O4S/c17-13-2-1-3-14(10-13)25(23,24)20-8-6-12(7-9-20)16(22)19-18-15(21)11-4-5-11/h1-3,10-12H,4-9H2,(H,18,21)(H,19,22). The van der Waals surface area contributed by atoms with Gasteiger partial charge in [0.25, 0.3) is 0 Å². The maximum Gasteiger partial charge on any atom is 0.243 e. The molecule has 1 saturated carbocycles. The fourth-order valence-corrected chi connectivity index (χ4v) is 4.58. The number of halogens is 1. The van der Waals surface area contributed by atoms with E-state index in [1.165, 1.54) is 16.4 Å². The number of hydrogen-bond acceptors (Lipinski definition) is 4. The number of sulfonamides is 1. The van der Waals surface area contributed by atoms with Crippen molar-refractivity contribution in [2.24, 2.45) is 11.8 Å². The molecule has 2 amide bonds. The minimum absolute atomic E-state index is 0.0185. The maximum atomic E-state index is 12.6. The number of hydrazine groups is 1. The topological polar surface area (TPSA) is 95.6 Å². The molecule has 1 aromatic carbocycles. The van der Waals surface area contributed by atoms with Gasteiger partial charge in [0, 0.05) is 29.9 Å². The van der Waals surface area contributed by atoms with Crippen molar-refractivity contribution in [1.82, 2.24) is 15.2 Å². The zero-order valence-electron chi connectivity index (χ0n) is 13.6. The van der Waals surface area contributed by atoms with Gasteiger partial charge in [-0.2, -0.15) is 4.31 Å². The summed E-state index contributed by atoms with van der Waals surface area (Å²) in [6, 6.07) is 6.14. The Bertz CT molecular complexity index is 771. The highest BCUT2D eigenvalue weighted by Gasteiger charge is 2.33. The Morgan fingerprint density at radius 1 is 1.00 bits per heavy atom. The molecule has 1 heterocycles. The van der Waals surface area contributed by atoms with Crippen molar-refractivity contribution < 1.29 is 18.0 Å². The highest BCUT2D eigenvalue weighted by Crippen LogP contribution is 2.28. The molecule has 1 aliphatic carbocycles. The average molecular weight is 386 g/mol. The van der Waals surface area contributed by atoms with Gasteiger partial charge in [-0.15, -0.1) is 0 Å². The summed E-state index contributed by atoms with van der Waals surface area (Å²) in [6.07, 6.45) is 2.54. The number of hydrogen-bond donors (Lipinski definition) is 2. The van der Waals surface area contributed by atoms with E-state index in [0.717, 1.165) is 12.8 Å². The van der Waals surface area contributed by atoms with Crippen LogP contribution in [0.1, 0.15) is 25.7 Å². The van der Waals surface area contributed by atoms with Crippen LogP contribution in [0.25, 0.3) is 0 Å². The van der Waals surface area contributed by atoms with Crippen molar-refractivity contribution in [3.8, 4) is 0 Å². The molecule has 0 radical (unpaired) electrons. The second kappa shape index (κ2) is 7.31. The van der Waals surface area contributed by atoms with Crippen molar-refractivity contribution in [1.29, 1.82) is 0 Å². The Balaban J connectivity index is 1.54. The smallest absolute Gasteiger partial charge is 0.243 e. The summed E-state index contributed by atoms with van der Waals surface area (Å²) in [5.41, 5.74) is 4.87. The van der Waals surface area contributed by atoms with Crippen molar-refractivity contribution in [2.45, 2.75) is 30.6 Å². The van der Waals surface area contributed by atoms with E-state index < -0.39 is 10.0 Å². The third-order valence-electron chi connectivity index (χ3n) is 4.52. The highest BCUT2D eigenvalue weighted by atomic mass is 35.5. The number of carbonyl (C=O) groups is 2. The Morgan fingerprint density at radius 2 is 1.56 bits per heavy atom. The van der Waals surface area contributed by atoms with E-state index in [1.54, 1.807) is 12.1 Å². The molecular weight excluding hydrogens is 366 g/mol. The summed E-state index contributed by atoms with van der Waals surface area (Å²) in [6.45, 7) is 0.507. The van der Waals surface area contributed by atoms with Gasteiger partial charge in [0.2, 0.25) is 21.8 Å². The molecule has 25 heavy (non-hydrogen) atoms. The van der Waals surface area contributed by atoms with Crippen LogP contribution in [-0.2, 0) is 19.6 Å². The monoisotopic (exact) mass is 385 g/mol. The first-order valence-electron chi connectivity index (χ1n) is 8.23. The second-order valence-electron chi connectivity index (χ2n) is 6.39. The molecule has 9 heteroatoms. The van der Waals surface area contributed by atoms with E-state index in [-0.39, 0.29) is 41.6 Å². The molecule has 3 rings (SSSR count). The van der Waals surface area contributed by atoms with Crippen LogP contribution in [-0.4, -0.2) is 37.6 Å². The summed E-state index contributed by atoms with van der Waals surface area (Å²) < 4.78 is 26.6. The van der Waals surface area contributed by atoms with E-state index in [1.807, 2.05) is 0 Å². The highest BCUT2D eigenvalue weighted by molar-refractivity contribution is 7.89. The second-order valence-corrected chi connectivity index (χ2v) is 8.76. The van der Waals surface area contributed by atoms with Crippen LogP contribution >= 0.6 is 11.6 Å². The van der Waals surface area contributed by atoms with Crippen LogP contribution in [0.15, 0.2) is 29.2 Å². The molecule has 0 atom stereocenters. The van der Waals surface area contributed by atoms with E-state index in [4.69, 9.17) is 11.6 Å². The van der Waals surface area contributed by atoms with E-state index >= 15 is 0 Å². The predicted molar refractivity (Wildman–Crippen MR) is 91.9 cm³/mol. The number of piperidine rings is 1. The van der Waals surface area contributed by atoms with Crippen LogP contribution in [0.5, 0.6) is 0 Å². The molecule has 0 unspecified atom stereocenters. The number of amides is 2. The lowest BCUT2D eigenvalue weighted by molar-refractivity contribution is -0.132. The molecular formula is C16H20ClN3O4S. The van der Waals surface area contributed by atoms with Gasteiger partial charge >= 0.3 is 0 Å². The first-order chi connectivity index (χ1) is 11.9. The van der Waals surface area contributed by atoms with Gasteiger partial charge in [0.05, 0.1) is 4.90 Å². The molecule has 2 fully saturated rings. The Morgan fingerprint density at radius 3 is 2.08 bits per heavy atom. The number of carbonyl (C=O) groups excluding carboxylic acids is 2. The zero-order valence-corrected chi connectivity index (χ0v) is 15.1. The molecule has 1 aliphatic heterocycles. The fourth-order valence-electron chi connectivity index (χ4n) is 2.81. The predicted octanol–water partition coefficient (Wildman–Crippen LogP) is 1.30. The van der Waals surface area contributed by atoms with Crippen LogP contribution in [0.4, 0.5) is 0 Å². The molecule has 1 aromatic rings. The van der Waals surface area contributed by atoms with Crippen molar-refractivity contribution in [2.75, 3.05) is 13.1 Å². The number of rotatable bonds is 4. The quantitative estimate of drug-likeness (QED) is 0.763. The third kappa shape index (κ3) is 4.31. The zero-order chi connectivity index (χ0) is 18.0. The third-order valence-corrected chi connectivity index (χ3v) is 6.65. The fraction of sp³-hybridized carbons (Fsp3) is 0.500. The lowest BCUT2D eigenvalue weighted by Gasteiger charge is -2.30. The normalized spacial score (nSPS) is 19.4. The SMILES string of the molecule is O=C(NNC(=O)C1CCN(S(=O)(=O)c2cccc(Cl)c2)CC1)C1CC1. The molecule has 2 aliphatic rings. The van der Waals surface area contributed by atoms with Gasteiger partial charge in [-0.3, -0.25) is 20.4 Å². The van der Waals surface area contributed by atoms with Crippen LogP contribution in [0.2, 0.25) is 5.02 Å². The van der Waals surface area contributed by atoms with Crippen LogP contribution in [0.3, 0.4) is 0 Å². The lowest BCUT2D eigenvalue weighted by atomic mass is 9.98. The molecule has 2 N–H and O–H groups in total. The van der Waals surface area contributed by atoms with Gasteiger partial charge in [-0.25, -0.2) is 8.42 Å². The summed E-state index contributed by atoms with van der Waals surface area (Å²) in [4.78, 5) is 23.8. The van der Waals surface area contributed by atoms with Gasteiger partial charge in [-0.1, -0.05) is 17.7 Å². The Hall–Kier alpha value is -1.64. The Kier molecular flexibility index (Phi) is 5.31. The number of nitrogens with zero attached hydrogens (tertiary/aromatic N) is 1. The minimum atomic E-state index is -3.61. The molecule has 0 aromatic heterocycles. The van der Waals surface area contributed by atoms with Gasteiger partial charge in [0.1, 0.15) is 0 Å². The van der Waals surface area contributed by atoms with E-state index in [0.29, 0.717) is 17.9 Å². The Labute approximate surface area is 151 Å². The summed E-state index contributed by atoms with van der Waals surface area (Å²) in [5.74, 6) is -0.724. The maximum absolute atomic E-state index is 12.6. The lowest BCUT2D eigenvalue weighted by Crippen LogP contribution is -2.48. The van der Waals surface area contributed by atoms with Gasteiger partial charge < -0.3 is 0 Å².